The highest BCUT2D eigenvalue weighted by atomic mass is 35.5. The molecule has 2 fully saturated rings. The maximum atomic E-state index is 12.8. The molecule has 1 aliphatic heterocycles. The van der Waals surface area contributed by atoms with E-state index < -0.39 is 17.4 Å². The van der Waals surface area contributed by atoms with Gasteiger partial charge in [-0.3, -0.25) is 4.79 Å². The molecule has 0 radical (unpaired) electrons. The molecule has 2 aliphatic rings. The number of para-hydroxylation sites is 1. The van der Waals surface area contributed by atoms with Crippen LogP contribution >= 0.6 is 11.6 Å². The van der Waals surface area contributed by atoms with Gasteiger partial charge in [0.15, 0.2) is 0 Å². The van der Waals surface area contributed by atoms with Crippen molar-refractivity contribution in [3.05, 3.63) is 40.9 Å². The molecular weight excluding hydrogens is 372 g/mol. The number of benzene rings is 1. The molecule has 27 heavy (non-hydrogen) atoms. The Balaban J connectivity index is 1.66. The van der Waals surface area contributed by atoms with Gasteiger partial charge >= 0.3 is 5.97 Å². The van der Waals surface area contributed by atoms with Crippen LogP contribution in [0.25, 0.3) is 5.69 Å². The molecule has 1 saturated heterocycles. The first-order valence-corrected chi connectivity index (χ1v) is 9.23. The minimum absolute atomic E-state index is 0.0519. The van der Waals surface area contributed by atoms with Crippen LogP contribution in [-0.4, -0.2) is 50.5 Å². The summed E-state index contributed by atoms with van der Waals surface area (Å²) in [6.45, 7) is 0.558. The summed E-state index contributed by atoms with van der Waals surface area (Å²) >= 11 is 6.28. The van der Waals surface area contributed by atoms with Crippen molar-refractivity contribution >= 4 is 23.5 Å². The third-order valence-corrected chi connectivity index (χ3v) is 5.29. The quantitative estimate of drug-likeness (QED) is 0.810. The molecule has 0 spiro atoms. The second-order valence-electron chi connectivity index (χ2n) is 6.88. The fourth-order valence-electron chi connectivity index (χ4n) is 3.21. The van der Waals surface area contributed by atoms with E-state index in [0.717, 1.165) is 12.8 Å². The smallest absolute Gasteiger partial charge is 0.329 e. The zero-order valence-electron chi connectivity index (χ0n) is 14.5. The normalized spacial score (nSPS) is 18.9. The van der Waals surface area contributed by atoms with Gasteiger partial charge < -0.3 is 15.2 Å². The van der Waals surface area contributed by atoms with E-state index >= 15 is 0 Å². The number of aromatic nitrogens is 3. The molecule has 0 unspecified atom stereocenters. The lowest BCUT2D eigenvalue weighted by atomic mass is 9.90. The topological polar surface area (TPSA) is 106 Å². The van der Waals surface area contributed by atoms with Crippen molar-refractivity contribution < 1.29 is 19.4 Å². The molecule has 2 N–H and O–H groups in total. The molecule has 1 saturated carbocycles. The summed E-state index contributed by atoms with van der Waals surface area (Å²) in [5.41, 5.74) is -0.711. The number of rotatable bonds is 5. The molecule has 2 aromatic rings. The Morgan fingerprint density at radius 3 is 2.59 bits per heavy atom. The Labute approximate surface area is 160 Å². The van der Waals surface area contributed by atoms with E-state index in [4.69, 9.17) is 16.3 Å². The van der Waals surface area contributed by atoms with Crippen molar-refractivity contribution in [2.75, 3.05) is 13.2 Å². The minimum Gasteiger partial charge on any atom is -0.480 e. The van der Waals surface area contributed by atoms with Crippen molar-refractivity contribution in [2.24, 2.45) is 0 Å². The summed E-state index contributed by atoms with van der Waals surface area (Å²) in [6, 6.07) is 7.20. The Morgan fingerprint density at radius 2 is 1.96 bits per heavy atom. The Morgan fingerprint density at radius 1 is 1.26 bits per heavy atom. The predicted octanol–water partition coefficient (Wildman–Crippen LogP) is 2.16. The van der Waals surface area contributed by atoms with Crippen LogP contribution in [0, 0.1) is 0 Å². The van der Waals surface area contributed by atoms with Crippen LogP contribution in [0.2, 0.25) is 5.02 Å². The van der Waals surface area contributed by atoms with Crippen LogP contribution in [0.3, 0.4) is 0 Å². The number of nitrogens with one attached hydrogen (secondary N) is 1. The number of aliphatic carboxylic acids is 1. The molecule has 4 rings (SSSR count). The number of hydrogen-bond donors (Lipinski definition) is 2. The average molecular weight is 391 g/mol. The van der Waals surface area contributed by atoms with Crippen LogP contribution in [0.4, 0.5) is 0 Å². The monoisotopic (exact) mass is 390 g/mol. The van der Waals surface area contributed by atoms with E-state index in [0.29, 0.717) is 16.5 Å². The molecule has 0 atom stereocenters. The third kappa shape index (κ3) is 3.42. The number of carbonyl (C=O) groups is 2. The molecule has 1 aromatic carbocycles. The van der Waals surface area contributed by atoms with E-state index in [-0.39, 0.29) is 37.8 Å². The van der Waals surface area contributed by atoms with Gasteiger partial charge in [0.1, 0.15) is 11.4 Å². The fourth-order valence-corrected chi connectivity index (χ4v) is 3.43. The average Bonchev–Trinajstić information content (AvgIpc) is 3.41. The maximum Gasteiger partial charge on any atom is 0.329 e. The van der Waals surface area contributed by atoms with Gasteiger partial charge in [-0.2, -0.15) is 0 Å². The first-order valence-electron chi connectivity index (χ1n) is 8.86. The standard InChI is InChI=1S/C18H19ClN4O4/c19-12-3-1-2-4-13(12)23-15(11-5-6-11)20-14(22-23)16(24)21-18(17(25)26)7-9-27-10-8-18/h1-4,11H,5-10H2,(H,21,24)(H,25,26). The van der Waals surface area contributed by atoms with E-state index in [2.05, 4.69) is 15.4 Å². The van der Waals surface area contributed by atoms with Gasteiger partial charge in [0.25, 0.3) is 5.91 Å². The van der Waals surface area contributed by atoms with E-state index in [9.17, 15) is 14.7 Å². The molecule has 1 amide bonds. The molecular formula is C18H19ClN4O4. The summed E-state index contributed by atoms with van der Waals surface area (Å²) in [4.78, 5) is 28.9. The molecule has 142 valence electrons. The summed E-state index contributed by atoms with van der Waals surface area (Å²) in [7, 11) is 0. The molecule has 1 aromatic heterocycles. The number of hydrogen-bond acceptors (Lipinski definition) is 5. The first kappa shape index (κ1) is 17.9. The summed E-state index contributed by atoms with van der Waals surface area (Å²) < 4.78 is 6.82. The minimum atomic E-state index is -1.36. The van der Waals surface area contributed by atoms with Crippen molar-refractivity contribution in [1.82, 2.24) is 20.1 Å². The zero-order chi connectivity index (χ0) is 19.0. The summed E-state index contributed by atoms with van der Waals surface area (Å²) in [6.07, 6.45) is 2.35. The zero-order valence-corrected chi connectivity index (χ0v) is 15.3. The fraction of sp³-hybridized carbons (Fsp3) is 0.444. The number of amides is 1. The van der Waals surface area contributed by atoms with Crippen molar-refractivity contribution in [3.8, 4) is 5.69 Å². The van der Waals surface area contributed by atoms with E-state index in [1.165, 1.54) is 0 Å². The van der Waals surface area contributed by atoms with Crippen LogP contribution in [0.15, 0.2) is 24.3 Å². The van der Waals surface area contributed by atoms with Crippen LogP contribution in [-0.2, 0) is 9.53 Å². The highest BCUT2D eigenvalue weighted by Gasteiger charge is 2.43. The lowest BCUT2D eigenvalue weighted by Crippen LogP contribution is -2.57. The number of carboxylic acid groups (broad SMARTS) is 1. The van der Waals surface area contributed by atoms with Crippen LogP contribution in [0.1, 0.15) is 48.0 Å². The van der Waals surface area contributed by atoms with Gasteiger partial charge in [0, 0.05) is 32.0 Å². The highest BCUT2D eigenvalue weighted by Crippen LogP contribution is 2.40. The van der Waals surface area contributed by atoms with Gasteiger partial charge in [0.05, 0.1) is 10.7 Å². The molecule has 2 heterocycles. The van der Waals surface area contributed by atoms with Crippen molar-refractivity contribution in [3.63, 3.8) is 0 Å². The maximum absolute atomic E-state index is 12.8. The van der Waals surface area contributed by atoms with Gasteiger partial charge in [0.2, 0.25) is 5.82 Å². The van der Waals surface area contributed by atoms with Gasteiger partial charge in [-0.25, -0.2) is 14.5 Å². The summed E-state index contributed by atoms with van der Waals surface area (Å²) in [5.74, 6) is -0.834. The van der Waals surface area contributed by atoms with Gasteiger partial charge in [-0.05, 0) is 25.0 Å². The van der Waals surface area contributed by atoms with E-state index in [1.54, 1.807) is 10.7 Å². The Bertz CT molecular complexity index is 887. The first-order chi connectivity index (χ1) is 13.0. The largest absolute Gasteiger partial charge is 0.480 e. The lowest BCUT2D eigenvalue weighted by Gasteiger charge is -2.33. The number of carboxylic acids is 1. The number of nitrogens with zero attached hydrogens (tertiary/aromatic N) is 3. The number of ether oxygens (including phenoxy) is 1. The van der Waals surface area contributed by atoms with Crippen molar-refractivity contribution in [1.29, 1.82) is 0 Å². The lowest BCUT2D eigenvalue weighted by molar-refractivity contribution is -0.148. The number of carbonyl (C=O) groups excluding carboxylic acids is 1. The molecule has 9 heteroatoms. The molecule has 8 nitrogen and oxygen atoms in total. The van der Waals surface area contributed by atoms with Crippen LogP contribution < -0.4 is 5.32 Å². The highest BCUT2D eigenvalue weighted by molar-refractivity contribution is 6.32. The summed E-state index contributed by atoms with van der Waals surface area (Å²) in [5, 5.41) is 17.1. The Kier molecular flexibility index (Phi) is 4.61. The van der Waals surface area contributed by atoms with Crippen LogP contribution in [0.5, 0.6) is 0 Å². The molecule has 0 bridgehead atoms. The SMILES string of the molecule is O=C(NC1(C(=O)O)CCOCC1)c1nc(C2CC2)n(-c2ccccc2Cl)n1. The van der Waals surface area contributed by atoms with Crippen molar-refractivity contribution in [2.45, 2.75) is 37.1 Å². The molecule has 1 aliphatic carbocycles. The van der Waals surface area contributed by atoms with Gasteiger partial charge in [-0.1, -0.05) is 23.7 Å². The van der Waals surface area contributed by atoms with E-state index in [1.807, 2.05) is 18.2 Å². The number of halogens is 1. The second kappa shape index (κ2) is 6.94. The Hall–Kier alpha value is -2.45. The third-order valence-electron chi connectivity index (χ3n) is 4.97. The van der Waals surface area contributed by atoms with Gasteiger partial charge in [-0.15, -0.1) is 5.10 Å². The second-order valence-corrected chi connectivity index (χ2v) is 7.29. The predicted molar refractivity (Wildman–Crippen MR) is 96.2 cm³/mol.